The third kappa shape index (κ3) is 8.34. The highest BCUT2D eigenvalue weighted by Crippen LogP contribution is 2.18. The summed E-state index contributed by atoms with van der Waals surface area (Å²) in [4.78, 5) is 0. The van der Waals surface area contributed by atoms with Gasteiger partial charge in [-0.05, 0) is 25.2 Å². The fraction of sp³-hybridized carbons (Fsp3) is 0.786. The first-order valence-corrected chi connectivity index (χ1v) is 6.35. The largest absolute Gasteiger partial charge is 0.0885 e. The van der Waals surface area contributed by atoms with Gasteiger partial charge in [0.25, 0.3) is 0 Å². The second-order valence-corrected chi connectivity index (χ2v) is 4.07. The van der Waals surface area contributed by atoms with Crippen LogP contribution in [-0.2, 0) is 0 Å². The summed E-state index contributed by atoms with van der Waals surface area (Å²) < 4.78 is 0. The van der Waals surface area contributed by atoms with Crippen LogP contribution in [-0.4, -0.2) is 0 Å². The van der Waals surface area contributed by atoms with Gasteiger partial charge in [-0.2, -0.15) is 0 Å². The highest BCUT2D eigenvalue weighted by molar-refractivity contribution is 4.97. The summed E-state index contributed by atoms with van der Waals surface area (Å²) in [6, 6.07) is 0. The van der Waals surface area contributed by atoms with Crippen LogP contribution in [0.1, 0.15) is 65.7 Å². The lowest BCUT2D eigenvalue weighted by molar-refractivity contribution is 0.483. The molecule has 0 nitrogen and oxygen atoms in total. The van der Waals surface area contributed by atoms with Crippen molar-refractivity contribution in [2.24, 2.45) is 5.92 Å². The van der Waals surface area contributed by atoms with Gasteiger partial charge in [-0.25, -0.2) is 0 Å². The molecule has 0 aromatic rings. The van der Waals surface area contributed by atoms with Gasteiger partial charge in [0.05, 0.1) is 0 Å². The third-order valence-electron chi connectivity index (χ3n) is 2.59. The summed E-state index contributed by atoms with van der Waals surface area (Å²) in [7, 11) is 0. The smallest absolute Gasteiger partial charge is 0.0140 e. The summed E-state index contributed by atoms with van der Waals surface area (Å²) in [6.45, 7) is 6.75. The molecule has 0 aromatic carbocycles. The Labute approximate surface area is 90.8 Å². The maximum atomic E-state index is 2.41. The fourth-order valence-corrected chi connectivity index (χ4v) is 1.74. The maximum absolute atomic E-state index is 2.41. The van der Waals surface area contributed by atoms with Crippen LogP contribution in [0.15, 0.2) is 12.2 Å². The molecule has 0 heterocycles. The Morgan fingerprint density at radius 1 is 0.929 bits per heavy atom. The molecule has 0 aliphatic heterocycles. The summed E-state index contributed by atoms with van der Waals surface area (Å²) >= 11 is 0. The molecule has 0 fully saturated rings. The van der Waals surface area contributed by atoms with Crippen molar-refractivity contribution in [2.75, 3.05) is 0 Å². The van der Waals surface area contributed by atoms with E-state index >= 15 is 0 Å². The van der Waals surface area contributed by atoms with E-state index in [2.05, 4.69) is 39.3 Å². The summed E-state index contributed by atoms with van der Waals surface area (Å²) in [6.07, 6.45) is 16.3. The van der Waals surface area contributed by atoms with Crippen LogP contribution in [0.3, 0.4) is 0 Å². The van der Waals surface area contributed by atoms with Crippen LogP contribution in [0.4, 0.5) is 0 Å². The van der Waals surface area contributed by atoms with E-state index in [0.29, 0.717) is 0 Å². The van der Waals surface area contributed by atoms with Gasteiger partial charge < -0.3 is 0 Å². The standard InChI is InChI=1S/C14H27/c1-4-7-9-12-14(11-6-3)13-10-8-5-2/h7,9,12,14H,4-6,8,10-11,13H2,1-3H3/b9-7+. The second-order valence-electron chi connectivity index (χ2n) is 4.07. The molecule has 0 aliphatic rings. The molecule has 0 saturated heterocycles. The van der Waals surface area contributed by atoms with Crippen molar-refractivity contribution in [1.82, 2.24) is 0 Å². The Kier molecular flexibility index (Phi) is 10.6. The van der Waals surface area contributed by atoms with Crippen molar-refractivity contribution in [2.45, 2.75) is 65.7 Å². The topological polar surface area (TPSA) is 0 Å². The van der Waals surface area contributed by atoms with Crippen molar-refractivity contribution in [1.29, 1.82) is 0 Å². The van der Waals surface area contributed by atoms with Crippen LogP contribution < -0.4 is 0 Å². The quantitative estimate of drug-likeness (QED) is 0.446. The van der Waals surface area contributed by atoms with E-state index in [0.717, 1.165) is 12.3 Å². The summed E-state index contributed by atoms with van der Waals surface area (Å²) in [5.41, 5.74) is 0. The number of rotatable bonds is 9. The molecule has 83 valence electrons. The van der Waals surface area contributed by atoms with Gasteiger partial charge >= 0.3 is 0 Å². The maximum Gasteiger partial charge on any atom is -0.0140 e. The third-order valence-corrected chi connectivity index (χ3v) is 2.59. The predicted octanol–water partition coefficient (Wildman–Crippen LogP) is 5.15. The van der Waals surface area contributed by atoms with Gasteiger partial charge in [-0.1, -0.05) is 65.0 Å². The highest BCUT2D eigenvalue weighted by Gasteiger charge is 2.05. The number of hydrogen-bond donors (Lipinski definition) is 0. The van der Waals surface area contributed by atoms with Crippen LogP contribution >= 0.6 is 0 Å². The minimum Gasteiger partial charge on any atom is -0.0885 e. The lowest BCUT2D eigenvalue weighted by Gasteiger charge is -2.12. The van der Waals surface area contributed by atoms with E-state index in [4.69, 9.17) is 0 Å². The molecule has 14 heavy (non-hydrogen) atoms. The normalized spacial score (nSPS) is 13.6. The molecule has 0 aliphatic carbocycles. The molecule has 1 atom stereocenters. The number of allylic oxidation sites excluding steroid dienone is 2. The number of unbranched alkanes of at least 4 members (excludes halogenated alkanes) is 2. The van der Waals surface area contributed by atoms with Crippen molar-refractivity contribution in [3.05, 3.63) is 18.6 Å². The monoisotopic (exact) mass is 195 g/mol. The average Bonchev–Trinajstić information content (AvgIpc) is 2.18. The highest BCUT2D eigenvalue weighted by atomic mass is 14.1. The Balaban J connectivity index is 3.59. The Hall–Kier alpha value is -0.260. The molecule has 0 saturated carbocycles. The zero-order valence-electron chi connectivity index (χ0n) is 10.3. The molecule has 0 bridgehead atoms. The molecule has 0 heteroatoms. The molecule has 0 rings (SSSR count). The Morgan fingerprint density at radius 3 is 2.29 bits per heavy atom. The minimum absolute atomic E-state index is 0.828. The zero-order valence-corrected chi connectivity index (χ0v) is 10.3. The first-order valence-electron chi connectivity index (χ1n) is 6.35. The Morgan fingerprint density at radius 2 is 1.71 bits per heavy atom. The molecule has 0 amide bonds. The van der Waals surface area contributed by atoms with Gasteiger partial charge in [0, 0.05) is 0 Å². The lowest BCUT2D eigenvalue weighted by atomic mass is 9.93. The van der Waals surface area contributed by atoms with E-state index in [-0.39, 0.29) is 0 Å². The molecular formula is C14H27. The molecular weight excluding hydrogens is 168 g/mol. The van der Waals surface area contributed by atoms with Gasteiger partial charge in [0.1, 0.15) is 0 Å². The van der Waals surface area contributed by atoms with E-state index in [9.17, 15) is 0 Å². The summed E-state index contributed by atoms with van der Waals surface area (Å²) in [5, 5.41) is 0. The molecule has 1 unspecified atom stereocenters. The molecule has 1 radical (unpaired) electrons. The molecule has 0 spiro atoms. The van der Waals surface area contributed by atoms with Crippen molar-refractivity contribution >= 4 is 0 Å². The van der Waals surface area contributed by atoms with Crippen LogP contribution in [0.2, 0.25) is 0 Å². The van der Waals surface area contributed by atoms with E-state index in [1.165, 1.54) is 38.5 Å². The predicted molar refractivity (Wildman–Crippen MR) is 66.3 cm³/mol. The molecule has 0 N–H and O–H groups in total. The van der Waals surface area contributed by atoms with Crippen LogP contribution in [0, 0.1) is 12.3 Å². The first kappa shape index (κ1) is 13.7. The van der Waals surface area contributed by atoms with Crippen LogP contribution in [0.25, 0.3) is 0 Å². The zero-order chi connectivity index (χ0) is 10.6. The summed E-state index contributed by atoms with van der Waals surface area (Å²) in [5.74, 6) is 0.828. The van der Waals surface area contributed by atoms with Gasteiger partial charge in [0.2, 0.25) is 0 Å². The average molecular weight is 195 g/mol. The Bertz CT molecular complexity index is 124. The fourth-order valence-electron chi connectivity index (χ4n) is 1.74. The molecule has 0 aromatic heterocycles. The first-order chi connectivity index (χ1) is 6.85. The minimum atomic E-state index is 0.828. The SMILES string of the molecule is CC/C=C/[CH]C(CCC)CCCCC. The van der Waals surface area contributed by atoms with Crippen molar-refractivity contribution in [3.63, 3.8) is 0 Å². The van der Waals surface area contributed by atoms with Gasteiger partial charge in [-0.3, -0.25) is 0 Å². The van der Waals surface area contributed by atoms with Gasteiger partial charge in [-0.15, -0.1) is 0 Å². The lowest BCUT2D eigenvalue weighted by Crippen LogP contribution is -1.99. The van der Waals surface area contributed by atoms with Crippen LogP contribution in [0.5, 0.6) is 0 Å². The van der Waals surface area contributed by atoms with Crippen molar-refractivity contribution in [3.8, 4) is 0 Å². The van der Waals surface area contributed by atoms with Gasteiger partial charge in [0.15, 0.2) is 0 Å². The number of hydrogen-bond acceptors (Lipinski definition) is 0. The van der Waals surface area contributed by atoms with E-state index in [1.54, 1.807) is 0 Å². The van der Waals surface area contributed by atoms with E-state index < -0.39 is 0 Å². The van der Waals surface area contributed by atoms with E-state index in [1.807, 2.05) is 0 Å². The second kappa shape index (κ2) is 10.8. The van der Waals surface area contributed by atoms with Crippen molar-refractivity contribution < 1.29 is 0 Å².